The molecule has 0 saturated heterocycles. The Morgan fingerprint density at radius 2 is 2.00 bits per heavy atom. The average Bonchev–Trinajstić information content (AvgIpc) is 3.37. The second-order valence-electron chi connectivity index (χ2n) is 7.13. The number of fused-ring (bicyclic) bond motifs is 1. The summed E-state index contributed by atoms with van der Waals surface area (Å²) in [6.07, 6.45) is 1.35. The van der Waals surface area contributed by atoms with Crippen molar-refractivity contribution in [1.29, 1.82) is 0 Å². The highest BCUT2D eigenvalue weighted by Crippen LogP contribution is 2.54. The van der Waals surface area contributed by atoms with Crippen molar-refractivity contribution in [1.82, 2.24) is 0 Å². The van der Waals surface area contributed by atoms with Gasteiger partial charge in [-0.15, -0.1) is 0 Å². The van der Waals surface area contributed by atoms with Crippen LogP contribution < -0.4 is 10.1 Å². The molecule has 0 bridgehead atoms. The number of halogens is 1. The van der Waals surface area contributed by atoms with Gasteiger partial charge >= 0.3 is 5.97 Å². The minimum absolute atomic E-state index is 0.0226. The van der Waals surface area contributed by atoms with Crippen LogP contribution in [-0.4, -0.2) is 24.8 Å². The van der Waals surface area contributed by atoms with E-state index in [-0.39, 0.29) is 13.0 Å². The van der Waals surface area contributed by atoms with Gasteiger partial charge in [-0.05, 0) is 49.2 Å². The molecule has 1 aliphatic heterocycles. The first kappa shape index (κ1) is 18.2. The average molecular weight is 383 g/mol. The number of nitrogens with one attached hydrogen (secondary N) is 1. The Bertz CT molecular complexity index is 996. The third-order valence-electron chi connectivity index (χ3n) is 5.28. The molecule has 1 saturated carbocycles. The highest BCUT2D eigenvalue weighted by molar-refractivity contribution is 6.40. The smallest absolute Gasteiger partial charge is 0.338 e. The Morgan fingerprint density at radius 3 is 2.71 bits per heavy atom. The second-order valence-corrected chi connectivity index (χ2v) is 7.13. The molecule has 1 amide bonds. The van der Waals surface area contributed by atoms with Crippen molar-refractivity contribution in [2.45, 2.75) is 31.3 Å². The van der Waals surface area contributed by atoms with Crippen LogP contribution in [-0.2, 0) is 26.3 Å². The van der Waals surface area contributed by atoms with Gasteiger partial charge in [-0.2, -0.15) is 0 Å². The van der Waals surface area contributed by atoms with Crippen LogP contribution in [0.2, 0.25) is 0 Å². The lowest BCUT2D eigenvalue weighted by Gasteiger charge is -2.18. The number of cyclic esters (lactones) is 1. The van der Waals surface area contributed by atoms with Crippen LogP contribution in [0.5, 0.6) is 5.75 Å². The minimum atomic E-state index is -0.744. The summed E-state index contributed by atoms with van der Waals surface area (Å²) in [5, 5.41) is 2.57. The summed E-state index contributed by atoms with van der Waals surface area (Å²) in [5.41, 5.74) is 1.59. The van der Waals surface area contributed by atoms with E-state index in [1.807, 2.05) is 0 Å². The number of methoxy groups -OCH3 is 1. The number of esters is 1. The summed E-state index contributed by atoms with van der Waals surface area (Å²) < 4.78 is 23.9. The van der Waals surface area contributed by atoms with Crippen molar-refractivity contribution in [3.63, 3.8) is 0 Å². The van der Waals surface area contributed by atoms with Gasteiger partial charge in [0.15, 0.2) is 0 Å². The number of carbonyl (C=O) groups is 3. The van der Waals surface area contributed by atoms with E-state index in [0.717, 1.165) is 0 Å². The number of amides is 1. The number of carbonyl (C=O) groups excluding carboxylic acids is 3. The Hall–Kier alpha value is -3.22. The van der Waals surface area contributed by atoms with Gasteiger partial charge in [0, 0.05) is 28.7 Å². The zero-order valence-corrected chi connectivity index (χ0v) is 15.2. The third-order valence-corrected chi connectivity index (χ3v) is 5.28. The molecule has 1 aliphatic carbocycles. The molecule has 4 rings (SSSR count). The Kier molecular flexibility index (Phi) is 4.37. The van der Waals surface area contributed by atoms with E-state index in [9.17, 15) is 18.8 Å². The number of hydrogen-bond acceptors (Lipinski definition) is 5. The number of hydrogen-bond donors (Lipinski definition) is 1. The van der Waals surface area contributed by atoms with E-state index in [1.165, 1.54) is 25.3 Å². The molecule has 28 heavy (non-hydrogen) atoms. The molecule has 2 aromatic carbocycles. The largest absolute Gasteiger partial charge is 0.496 e. The molecule has 0 unspecified atom stereocenters. The predicted molar refractivity (Wildman–Crippen MR) is 97.7 cm³/mol. The van der Waals surface area contributed by atoms with Crippen molar-refractivity contribution in [2.24, 2.45) is 0 Å². The van der Waals surface area contributed by atoms with Crippen LogP contribution in [0, 0.1) is 5.82 Å². The molecule has 144 valence electrons. The summed E-state index contributed by atoms with van der Waals surface area (Å²) in [4.78, 5) is 36.4. The Labute approximate surface area is 160 Å². The number of anilines is 1. The van der Waals surface area contributed by atoms with Crippen molar-refractivity contribution in [3.8, 4) is 5.75 Å². The number of ketones is 1. The summed E-state index contributed by atoms with van der Waals surface area (Å²) in [7, 11) is 1.49. The van der Waals surface area contributed by atoms with Gasteiger partial charge in [0.2, 0.25) is 5.78 Å². The van der Waals surface area contributed by atoms with E-state index in [2.05, 4.69) is 5.32 Å². The van der Waals surface area contributed by atoms with Gasteiger partial charge in [0.1, 0.15) is 18.2 Å². The topological polar surface area (TPSA) is 81.7 Å². The maximum absolute atomic E-state index is 13.7. The fraction of sp³-hybridized carbons (Fsp3) is 0.286. The van der Waals surface area contributed by atoms with Crippen molar-refractivity contribution in [3.05, 3.63) is 58.9 Å². The fourth-order valence-electron chi connectivity index (χ4n) is 3.59. The molecule has 6 nitrogen and oxygen atoms in total. The van der Waals surface area contributed by atoms with Crippen molar-refractivity contribution in [2.75, 3.05) is 12.4 Å². The van der Waals surface area contributed by atoms with Gasteiger partial charge in [-0.1, -0.05) is 0 Å². The SMILES string of the molecule is COc1ccc(F)cc1C1(CC(=O)C(=O)Nc2ccc3c(c2)COC3=O)CC1. The molecular weight excluding hydrogens is 365 g/mol. The quantitative estimate of drug-likeness (QED) is 0.612. The summed E-state index contributed by atoms with van der Waals surface area (Å²) >= 11 is 0. The molecule has 2 aliphatic rings. The molecule has 1 heterocycles. The van der Waals surface area contributed by atoms with Crippen LogP contribution in [0.1, 0.15) is 40.7 Å². The van der Waals surface area contributed by atoms with E-state index in [1.54, 1.807) is 18.2 Å². The third kappa shape index (κ3) is 3.24. The molecule has 2 aromatic rings. The van der Waals surface area contributed by atoms with Gasteiger partial charge in [0.05, 0.1) is 12.7 Å². The maximum atomic E-state index is 13.7. The summed E-state index contributed by atoms with van der Waals surface area (Å²) in [5.74, 6) is -1.63. The summed E-state index contributed by atoms with van der Waals surface area (Å²) in [6, 6.07) is 8.94. The van der Waals surface area contributed by atoms with Gasteiger partial charge in [-0.3, -0.25) is 9.59 Å². The zero-order valence-electron chi connectivity index (χ0n) is 15.2. The first-order chi connectivity index (χ1) is 13.4. The summed E-state index contributed by atoms with van der Waals surface area (Å²) in [6.45, 7) is 0.147. The minimum Gasteiger partial charge on any atom is -0.496 e. The van der Waals surface area contributed by atoms with E-state index >= 15 is 0 Å². The predicted octanol–water partition coefficient (Wildman–Crippen LogP) is 3.13. The maximum Gasteiger partial charge on any atom is 0.338 e. The molecule has 0 aromatic heterocycles. The van der Waals surface area contributed by atoms with Crippen LogP contribution >= 0.6 is 0 Å². The second kappa shape index (κ2) is 6.74. The molecule has 1 fully saturated rings. The molecule has 7 heteroatoms. The monoisotopic (exact) mass is 383 g/mol. The van der Waals surface area contributed by atoms with E-state index < -0.39 is 28.9 Å². The lowest BCUT2D eigenvalue weighted by molar-refractivity contribution is -0.135. The Balaban J connectivity index is 1.47. The van der Waals surface area contributed by atoms with Crippen LogP contribution in [0.25, 0.3) is 0 Å². The zero-order chi connectivity index (χ0) is 19.9. The number of ether oxygens (including phenoxy) is 2. The molecular formula is C21H18FNO5. The molecule has 0 spiro atoms. The molecule has 1 N–H and O–H groups in total. The van der Waals surface area contributed by atoms with Crippen molar-refractivity contribution >= 4 is 23.3 Å². The lowest BCUT2D eigenvalue weighted by atomic mass is 9.89. The highest BCUT2D eigenvalue weighted by Gasteiger charge is 2.48. The lowest BCUT2D eigenvalue weighted by Crippen LogP contribution is -2.27. The Morgan fingerprint density at radius 1 is 1.21 bits per heavy atom. The van der Waals surface area contributed by atoms with Crippen LogP contribution in [0.3, 0.4) is 0 Å². The van der Waals surface area contributed by atoms with Gasteiger partial charge < -0.3 is 14.8 Å². The fourth-order valence-corrected chi connectivity index (χ4v) is 3.59. The van der Waals surface area contributed by atoms with Crippen LogP contribution in [0.15, 0.2) is 36.4 Å². The standard InChI is InChI=1S/C21H18FNO5/c1-27-18-5-2-13(22)9-16(18)21(6-7-21)10-17(24)19(25)23-14-3-4-15-12(8-14)11-28-20(15)26/h2-5,8-9H,6-7,10-11H2,1H3,(H,23,25). The number of rotatable bonds is 6. The van der Waals surface area contributed by atoms with Gasteiger partial charge in [-0.25, -0.2) is 9.18 Å². The van der Waals surface area contributed by atoms with E-state index in [4.69, 9.17) is 9.47 Å². The first-order valence-corrected chi connectivity index (χ1v) is 8.90. The number of benzene rings is 2. The van der Waals surface area contributed by atoms with E-state index in [0.29, 0.717) is 41.0 Å². The number of Topliss-reactive ketones (excluding diaryl/α,β-unsaturated/α-hetero) is 1. The first-order valence-electron chi connectivity index (χ1n) is 8.90. The normalized spacial score (nSPS) is 16.1. The highest BCUT2D eigenvalue weighted by atomic mass is 19.1. The molecule has 0 atom stereocenters. The molecule has 0 radical (unpaired) electrons. The van der Waals surface area contributed by atoms with Gasteiger partial charge in [0.25, 0.3) is 5.91 Å². The van der Waals surface area contributed by atoms with Crippen molar-refractivity contribution < 1.29 is 28.2 Å². The van der Waals surface area contributed by atoms with Crippen LogP contribution in [0.4, 0.5) is 10.1 Å².